The number of nitrogens with one attached hydrogen (secondary N) is 1. The van der Waals surface area contributed by atoms with Crippen LogP contribution in [0.15, 0.2) is 59.7 Å². The summed E-state index contributed by atoms with van der Waals surface area (Å²) in [6.07, 6.45) is 3.34. The van der Waals surface area contributed by atoms with E-state index in [4.69, 9.17) is 0 Å². The Morgan fingerprint density at radius 2 is 1.88 bits per heavy atom. The molecule has 8 heteroatoms. The molecule has 2 amide bonds. The summed E-state index contributed by atoms with van der Waals surface area (Å²) in [5.74, 6) is -0.874. The Balaban J connectivity index is 1.33. The van der Waals surface area contributed by atoms with Crippen LogP contribution in [0.25, 0.3) is 10.9 Å². The summed E-state index contributed by atoms with van der Waals surface area (Å²) >= 11 is 0. The summed E-state index contributed by atoms with van der Waals surface area (Å²) in [6, 6.07) is 13.5. The first kappa shape index (κ1) is 22.6. The molecule has 1 atom stereocenters. The predicted octanol–water partition coefficient (Wildman–Crippen LogP) is 2.84. The molecule has 0 saturated carbocycles. The quantitative estimate of drug-likeness (QED) is 0.626. The average Bonchev–Trinajstić information content (AvgIpc) is 2.83. The van der Waals surface area contributed by atoms with E-state index < -0.39 is 11.4 Å². The Hall–Kier alpha value is -3.55. The molecule has 2 heterocycles. The smallest absolute Gasteiger partial charge is 0.261 e. The number of likely N-dealkylation sites (tertiary alicyclic amines) is 1. The molecule has 1 saturated heterocycles. The van der Waals surface area contributed by atoms with Gasteiger partial charge in [0, 0.05) is 19.1 Å². The largest absolute Gasteiger partial charge is 0.352 e. The molecular formula is C25H27FN4O3. The van der Waals surface area contributed by atoms with Gasteiger partial charge in [0.15, 0.2) is 0 Å². The van der Waals surface area contributed by atoms with E-state index in [1.165, 1.54) is 23.0 Å². The summed E-state index contributed by atoms with van der Waals surface area (Å²) in [6.45, 7) is 2.97. The zero-order valence-electron chi connectivity index (χ0n) is 18.5. The van der Waals surface area contributed by atoms with E-state index in [9.17, 15) is 18.8 Å². The van der Waals surface area contributed by atoms with Crippen molar-refractivity contribution in [2.24, 2.45) is 0 Å². The van der Waals surface area contributed by atoms with Crippen LogP contribution in [0.1, 0.15) is 37.7 Å². The van der Waals surface area contributed by atoms with Gasteiger partial charge in [-0.25, -0.2) is 9.37 Å². The number of halogens is 1. The van der Waals surface area contributed by atoms with E-state index in [1.54, 1.807) is 0 Å². The Morgan fingerprint density at radius 1 is 1.15 bits per heavy atom. The molecule has 1 aliphatic rings. The number of rotatable bonds is 6. The summed E-state index contributed by atoms with van der Waals surface area (Å²) in [7, 11) is 0. The van der Waals surface area contributed by atoms with Crippen molar-refractivity contribution in [3.63, 3.8) is 0 Å². The minimum Gasteiger partial charge on any atom is -0.352 e. The van der Waals surface area contributed by atoms with Crippen molar-refractivity contribution in [2.75, 3.05) is 13.1 Å². The van der Waals surface area contributed by atoms with Gasteiger partial charge in [-0.2, -0.15) is 0 Å². The number of fused-ring (bicyclic) bond motifs is 1. The minimum atomic E-state index is -0.525. The van der Waals surface area contributed by atoms with E-state index in [0.29, 0.717) is 31.4 Å². The van der Waals surface area contributed by atoms with Crippen molar-refractivity contribution in [1.82, 2.24) is 19.8 Å². The normalized spacial score (nSPS) is 15.4. The highest BCUT2D eigenvalue weighted by atomic mass is 19.1. The molecule has 1 unspecified atom stereocenters. The minimum absolute atomic E-state index is 0.0695. The molecule has 0 radical (unpaired) electrons. The highest BCUT2D eigenvalue weighted by molar-refractivity contribution is 5.84. The lowest BCUT2D eigenvalue weighted by Crippen LogP contribution is -2.48. The average molecular weight is 451 g/mol. The van der Waals surface area contributed by atoms with Crippen LogP contribution < -0.4 is 10.9 Å². The summed E-state index contributed by atoms with van der Waals surface area (Å²) in [5, 5.41) is 3.09. The van der Waals surface area contributed by atoms with Crippen molar-refractivity contribution in [3.8, 4) is 0 Å². The predicted molar refractivity (Wildman–Crippen MR) is 123 cm³/mol. The fourth-order valence-corrected chi connectivity index (χ4v) is 4.37. The molecule has 0 aliphatic carbocycles. The number of carbonyl (C=O) groups excluding carboxylic acids is 2. The maximum atomic E-state index is 13.5. The van der Waals surface area contributed by atoms with Crippen LogP contribution in [0, 0.1) is 5.82 Å². The van der Waals surface area contributed by atoms with Crippen molar-refractivity contribution in [1.29, 1.82) is 0 Å². The zero-order chi connectivity index (χ0) is 23.4. The lowest BCUT2D eigenvalue weighted by Gasteiger charge is -2.34. The van der Waals surface area contributed by atoms with Crippen molar-refractivity contribution in [3.05, 3.63) is 76.6 Å². The van der Waals surface area contributed by atoms with Crippen molar-refractivity contribution >= 4 is 22.7 Å². The maximum absolute atomic E-state index is 13.5. The molecule has 3 aromatic rings. The number of piperidine rings is 1. The fourth-order valence-electron chi connectivity index (χ4n) is 4.37. The van der Waals surface area contributed by atoms with Gasteiger partial charge in [0.2, 0.25) is 11.8 Å². The highest BCUT2D eigenvalue weighted by Crippen LogP contribution is 2.24. The molecular weight excluding hydrogens is 423 g/mol. The van der Waals surface area contributed by atoms with Gasteiger partial charge in [-0.05, 0) is 43.0 Å². The van der Waals surface area contributed by atoms with Crippen LogP contribution >= 0.6 is 0 Å². The number of hydrogen-bond donors (Lipinski definition) is 1. The molecule has 1 fully saturated rings. The Kier molecular flexibility index (Phi) is 6.82. The molecule has 0 spiro atoms. The van der Waals surface area contributed by atoms with Gasteiger partial charge in [-0.15, -0.1) is 0 Å². The second-order valence-corrected chi connectivity index (χ2v) is 8.38. The first-order chi connectivity index (χ1) is 16.0. The molecule has 1 aliphatic heterocycles. The van der Waals surface area contributed by atoms with Gasteiger partial charge in [-0.1, -0.05) is 37.3 Å². The summed E-state index contributed by atoms with van der Waals surface area (Å²) in [5.41, 5.74) is 0.951. The van der Waals surface area contributed by atoms with Gasteiger partial charge in [0.1, 0.15) is 12.4 Å². The lowest BCUT2D eigenvalue weighted by atomic mass is 9.93. The van der Waals surface area contributed by atoms with Crippen LogP contribution in [-0.2, 0) is 16.1 Å². The van der Waals surface area contributed by atoms with Crippen LogP contribution in [0.2, 0.25) is 0 Å². The van der Waals surface area contributed by atoms with E-state index in [1.807, 2.05) is 42.2 Å². The number of amides is 2. The number of hydrogen-bond acceptors (Lipinski definition) is 4. The van der Waals surface area contributed by atoms with E-state index in [-0.39, 0.29) is 35.7 Å². The van der Waals surface area contributed by atoms with E-state index >= 15 is 0 Å². The molecule has 0 bridgehead atoms. The lowest BCUT2D eigenvalue weighted by molar-refractivity contribution is -0.134. The third-order valence-corrected chi connectivity index (χ3v) is 6.18. The topological polar surface area (TPSA) is 84.3 Å². The van der Waals surface area contributed by atoms with Crippen molar-refractivity contribution < 1.29 is 14.0 Å². The Morgan fingerprint density at radius 3 is 2.58 bits per heavy atom. The molecule has 172 valence electrons. The number of aromatic nitrogens is 2. The van der Waals surface area contributed by atoms with Gasteiger partial charge in [-0.3, -0.25) is 19.0 Å². The van der Waals surface area contributed by atoms with Gasteiger partial charge >= 0.3 is 0 Å². The molecule has 7 nitrogen and oxygen atoms in total. The number of carbonyl (C=O) groups is 2. The number of benzene rings is 2. The van der Waals surface area contributed by atoms with E-state index in [2.05, 4.69) is 10.3 Å². The summed E-state index contributed by atoms with van der Waals surface area (Å²) in [4.78, 5) is 44.1. The monoisotopic (exact) mass is 450 g/mol. The van der Waals surface area contributed by atoms with Gasteiger partial charge in [0.05, 0.1) is 23.1 Å². The standard InChI is InChI=1S/C25H27FN4O3/c1-2-20(17-6-4-3-5-7-17)24(32)29-12-10-19(11-13-29)28-23(31)15-30-16-27-22-9-8-18(26)14-21(22)25(30)33/h3-9,14,16,19-20H,2,10-13,15H2,1H3,(H,28,31). The molecule has 33 heavy (non-hydrogen) atoms. The highest BCUT2D eigenvalue weighted by Gasteiger charge is 2.28. The maximum Gasteiger partial charge on any atom is 0.261 e. The first-order valence-corrected chi connectivity index (χ1v) is 11.2. The Labute approximate surface area is 191 Å². The van der Waals surface area contributed by atoms with Gasteiger partial charge in [0.25, 0.3) is 5.56 Å². The molecule has 2 aromatic carbocycles. The van der Waals surface area contributed by atoms with Crippen LogP contribution in [0.3, 0.4) is 0 Å². The van der Waals surface area contributed by atoms with Crippen LogP contribution in [-0.4, -0.2) is 45.4 Å². The second-order valence-electron chi connectivity index (χ2n) is 8.38. The first-order valence-electron chi connectivity index (χ1n) is 11.2. The summed E-state index contributed by atoms with van der Waals surface area (Å²) < 4.78 is 14.7. The Bertz CT molecular complexity index is 1200. The third-order valence-electron chi connectivity index (χ3n) is 6.18. The van der Waals surface area contributed by atoms with Crippen LogP contribution in [0.4, 0.5) is 4.39 Å². The molecule has 4 rings (SSSR count). The molecule has 1 N–H and O–H groups in total. The SMILES string of the molecule is CCC(C(=O)N1CCC(NC(=O)Cn2cnc3ccc(F)cc3c2=O)CC1)c1ccccc1. The van der Waals surface area contributed by atoms with E-state index in [0.717, 1.165) is 18.1 Å². The van der Waals surface area contributed by atoms with Crippen LogP contribution in [0.5, 0.6) is 0 Å². The fraction of sp³-hybridized carbons (Fsp3) is 0.360. The van der Waals surface area contributed by atoms with Gasteiger partial charge < -0.3 is 10.2 Å². The molecule has 1 aromatic heterocycles. The van der Waals surface area contributed by atoms with Crippen molar-refractivity contribution in [2.45, 2.75) is 44.7 Å². The zero-order valence-corrected chi connectivity index (χ0v) is 18.5. The second kappa shape index (κ2) is 9.94. The third kappa shape index (κ3) is 5.10. The number of nitrogens with zero attached hydrogens (tertiary/aromatic N) is 3.